The highest BCUT2D eigenvalue weighted by molar-refractivity contribution is 5.46. The Morgan fingerprint density at radius 3 is 2.86 bits per heavy atom. The van der Waals surface area contributed by atoms with Crippen LogP contribution >= 0.6 is 0 Å². The Morgan fingerprint density at radius 2 is 2.43 bits per heavy atom. The fourth-order valence-electron chi connectivity index (χ4n) is 0.234. The summed E-state index contributed by atoms with van der Waals surface area (Å²) < 4.78 is 0. The molecule has 0 saturated heterocycles. The molecule has 0 fully saturated rings. The average Bonchev–Trinajstić information content (AvgIpc) is 1.69. The van der Waals surface area contributed by atoms with Gasteiger partial charge in [-0.25, -0.2) is 0 Å². The molecule has 0 unspecified atom stereocenters. The SMILES string of the molecule is [CH2]CC[CH]NC=O. The first-order valence-electron chi connectivity index (χ1n) is 2.22. The van der Waals surface area contributed by atoms with Gasteiger partial charge in [-0.05, 0) is 6.42 Å². The Hall–Kier alpha value is -0.530. The largest absolute Gasteiger partial charge is 0.354 e. The number of hydrogen-bond donors (Lipinski definition) is 1. The minimum Gasteiger partial charge on any atom is -0.354 e. The molecule has 0 atom stereocenters. The van der Waals surface area contributed by atoms with Crippen LogP contribution in [0, 0.1) is 13.5 Å². The minimum absolute atomic E-state index is 0.648. The van der Waals surface area contributed by atoms with Gasteiger partial charge in [-0.2, -0.15) is 0 Å². The van der Waals surface area contributed by atoms with E-state index in [1.165, 1.54) is 0 Å². The molecule has 0 aliphatic carbocycles. The summed E-state index contributed by atoms with van der Waals surface area (Å²) in [5.41, 5.74) is 0. The van der Waals surface area contributed by atoms with E-state index in [1.807, 2.05) is 0 Å². The zero-order chi connectivity index (χ0) is 5.54. The van der Waals surface area contributed by atoms with Gasteiger partial charge in [0, 0.05) is 6.54 Å². The molecule has 7 heavy (non-hydrogen) atoms. The van der Waals surface area contributed by atoms with Crippen LogP contribution in [0.3, 0.4) is 0 Å². The third kappa shape index (κ3) is 5.47. The number of carbonyl (C=O) groups excluding carboxylic acids is 1. The Bertz CT molecular complexity index is 45.3. The number of rotatable bonds is 4. The molecule has 0 spiro atoms. The van der Waals surface area contributed by atoms with Gasteiger partial charge < -0.3 is 5.32 Å². The monoisotopic (exact) mass is 99.1 g/mol. The zero-order valence-corrected chi connectivity index (χ0v) is 4.18. The van der Waals surface area contributed by atoms with Gasteiger partial charge >= 0.3 is 0 Å². The topological polar surface area (TPSA) is 29.1 Å². The standard InChI is InChI=1S/C5H9NO/c1-2-3-4-6-5-7/h4-5H,1-3H2,(H,6,7). The van der Waals surface area contributed by atoms with E-state index >= 15 is 0 Å². The van der Waals surface area contributed by atoms with Crippen molar-refractivity contribution >= 4 is 6.41 Å². The van der Waals surface area contributed by atoms with Gasteiger partial charge in [-0.1, -0.05) is 13.3 Å². The van der Waals surface area contributed by atoms with Crippen molar-refractivity contribution in [1.82, 2.24) is 5.32 Å². The van der Waals surface area contributed by atoms with Crippen molar-refractivity contribution in [1.29, 1.82) is 0 Å². The first kappa shape index (κ1) is 6.47. The van der Waals surface area contributed by atoms with Crippen LogP contribution in [-0.4, -0.2) is 6.41 Å². The maximum absolute atomic E-state index is 9.52. The predicted octanol–water partition coefficient (Wildman–Crippen LogP) is 0.508. The van der Waals surface area contributed by atoms with Gasteiger partial charge in [0.2, 0.25) is 6.41 Å². The molecule has 0 aliphatic heterocycles. The lowest BCUT2D eigenvalue weighted by Crippen LogP contribution is -2.04. The molecule has 0 aromatic rings. The van der Waals surface area contributed by atoms with E-state index in [-0.39, 0.29) is 0 Å². The number of nitrogens with one attached hydrogen (secondary N) is 1. The summed E-state index contributed by atoms with van der Waals surface area (Å²) in [4.78, 5) is 9.52. The molecule has 0 bridgehead atoms. The summed E-state index contributed by atoms with van der Waals surface area (Å²) in [6.07, 6.45) is 2.33. The fourth-order valence-corrected chi connectivity index (χ4v) is 0.234. The normalized spacial score (nSPS) is 8.14. The summed E-state index contributed by atoms with van der Waals surface area (Å²) in [5, 5.41) is 2.40. The Morgan fingerprint density at radius 1 is 1.71 bits per heavy atom. The molecule has 0 heterocycles. The first-order valence-corrected chi connectivity index (χ1v) is 2.22. The van der Waals surface area contributed by atoms with E-state index in [0.29, 0.717) is 6.41 Å². The van der Waals surface area contributed by atoms with Gasteiger partial charge in [-0.3, -0.25) is 4.79 Å². The highest BCUT2D eigenvalue weighted by atomic mass is 16.1. The highest BCUT2D eigenvalue weighted by Gasteiger charge is 1.77. The molecule has 40 valence electrons. The summed E-state index contributed by atoms with van der Waals surface area (Å²) in [7, 11) is 0. The summed E-state index contributed by atoms with van der Waals surface area (Å²) in [5.74, 6) is 0. The van der Waals surface area contributed by atoms with Crippen molar-refractivity contribution in [3.8, 4) is 0 Å². The van der Waals surface area contributed by atoms with Gasteiger partial charge in [0.15, 0.2) is 0 Å². The number of hydrogen-bond acceptors (Lipinski definition) is 1. The maximum Gasteiger partial charge on any atom is 0.207 e. The van der Waals surface area contributed by atoms with Crippen LogP contribution < -0.4 is 5.32 Å². The first-order chi connectivity index (χ1) is 3.41. The van der Waals surface area contributed by atoms with Gasteiger partial charge in [0.1, 0.15) is 0 Å². The maximum atomic E-state index is 9.52. The van der Waals surface area contributed by atoms with Gasteiger partial charge in [0.05, 0.1) is 0 Å². The minimum atomic E-state index is 0.648. The van der Waals surface area contributed by atoms with Crippen molar-refractivity contribution in [2.75, 3.05) is 0 Å². The number of carbonyl (C=O) groups is 1. The molecule has 1 N–H and O–H groups in total. The van der Waals surface area contributed by atoms with Crippen LogP contribution in [-0.2, 0) is 4.79 Å². The van der Waals surface area contributed by atoms with Crippen molar-refractivity contribution < 1.29 is 4.79 Å². The van der Waals surface area contributed by atoms with Crippen molar-refractivity contribution in [2.24, 2.45) is 0 Å². The van der Waals surface area contributed by atoms with Crippen molar-refractivity contribution in [2.45, 2.75) is 12.8 Å². The van der Waals surface area contributed by atoms with Crippen LogP contribution in [0.15, 0.2) is 0 Å². The van der Waals surface area contributed by atoms with Crippen LogP contribution in [0.2, 0.25) is 0 Å². The average molecular weight is 99.1 g/mol. The molecule has 0 aromatic heterocycles. The Labute approximate surface area is 43.9 Å². The Balaban J connectivity index is 2.56. The van der Waals surface area contributed by atoms with Crippen molar-refractivity contribution in [3.63, 3.8) is 0 Å². The van der Waals surface area contributed by atoms with Crippen LogP contribution in [0.5, 0.6) is 0 Å². The molecular formula is C5H9NO. The predicted molar refractivity (Wildman–Crippen MR) is 28.1 cm³/mol. The zero-order valence-electron chi connectivity index (χ0n) is 4.18. The molecule has 2 heteroatoms. The van der Waals surface area contributed by atoms with Crippen LogP contribution in [0.4, 0.5) is 0 Å². The second-order valence-electron chi connectivity index (χ2n) is 1.13. The van der Waals surface area contributed by atoms with E-state index in [9.17, 15) is 4.79 Å². The molecule has 2 radical (unpaired) electrons. The number of unbranched alkanes of at least 4 members (excludes halogenated alkanes) is 1. The molecule has 2 nitrogen and oxygen atoms in total. The van der Waals surface area contributed by atoms with E-state index in [2.05, 4.69) is 12.2 Å². The molecule has 0 rings (SSSR count). The lowest BCUT2D eigenvalue weighted by molar-refractivity contribution is -0.109. The second-order valence-corrected chi connectivity index (χ2v) is 1.13. The summed E-state index contributed by atoms with van der Waals surface area (Å²) in [6, 6.07) is 0. The second kappa shape index (κ2) is 5.47. The molecular weight excluding hydrogens is 90.1 g/mol. The highest BCUT2D eigenvalue weighted by Crippen LogP contribution is 1.84. The van der Waals surface area contributed by atoms with E-state index in [4.69, 9.17) is 0 Å². The summed E-state index contributed by atoms with van der Waals surface area (Å²) >= 11 is 0. The molecule has 1 amide bonds. The lowest BCUT2D eigenvalue weighted by Gasteiger charge is -1.89. The summed E-state index contributed by atoms with van der Waals surface area (Å²) in [6.45, 7) is 5.25. The molecule has 0 aromatic carbocycles. The third-order valence-electron chi connectivity index (χ3n) is 0.534. The fraction of sp³-hybridized carbons (Fsp3) is 0.400. The van der Waals surface area contributed by atoms with E-state index in [0.717, 1.165) is 12.8 Å². The molecule has 0 saturated carbocycles. The van der Waals surface area contributed by atoms with E-state index < -0.39 is 0 Å². The number of amides is 1. The van der Waals surface area contributed by atoms with E-state index in [1.54, 1.807) is 6.54 Å². The lowest BCUT2D eigenvalue weighted by atomic mass is 10.3. The van der Waals surface area contributed by atoms with Crippen LogP contribution in [0.25, 0.3) is 0 Å². The van der Waals surface area contributed by atoms with Crippen molar-refractivity contribution in [3.05, 3.63) is 13.5 Å². The smallest absolute Gasteiger partial charge is 0.207 e. The van der Waals surface area contributed by atoms with Crippen LogP contribution in [0.1, 0.15) is 12.8 Å². The van der Waals surface area contributed by atoms with Gasteiger partial charge in [-0.15, -0.1) is 0 Å². The van der Waals surface area contributed by atoms with Gasteiger partial charge in [0.25, 0.3) is 0 Å². The quantitative estimate of drug-likeness (QED) is 0.403. The third-order valence-corrected chi connectivity index (χ3v) is 0.534. The Kier molecular flexibility index (Phi) is 5.06. The molecule has 0 aliphatic rings.